The molecule has 0 unspecified atom stereocenters. The average Bonchev–Trinajstić information content (AvgIpc) is 2.63. The quantitative estimate of drug-likeness (QED) is 0.779. The fraction of sp³-hybridized carbons (Fsp3) is 0.150. The van der Waals surface area contributed by atoms with Gasteiger partial charge in [0, 0.05) is 11.8 Å². The van der Waals surface area contributed by atoms with Gasteiger partial charge in [-0.2, -0.15) is 9.78 Å². The van der Waals surface area contributed by atoms with E-state index in [0.29, 0.717) is 17.3 Å². The largest absolute Gasteiger partial charge is 0.321 e. The van der Waals surface area contributed by atoms with Crippen LogP contribution in [0.2, 0.25) is 0 Å². The molecule has 132 valence electrons. The molecule has 0 aliphatic carbocycles. The van der Waals surface area contributed by atoms with Crippen LogP contribution in [0.3, 0.4) is 0 Å². The van der Waals surface area contributed by atoms with Crippen molar-refractivity contribution >= 4 is 11.6 Å². The number of nitrogens with zero attached hydrogens (tertiary/aromatic N) is 2. The highest BCUT2D eigenvalue weighted by atomic mass is 19.1. The molecule has 26 heavy (non-hydrogen) atoms. The first-order chi connectivity index (χ1) is 12.4. The highest BCUT2D eigenvalue weighted by molar-refractivity contribution is 6.02. The summed E-state index contributed by atoms with van der Waals surface area (Å²) >= 11 is 0. The monoisotopic (exact) mass is 351 g/mol. The van der Waals surface area contributed by atoms with Crippen LogP contribution < -0.4 is 10.9 Å². The van der Waals surface area contributed by atoms with E-state index in [9.17, 15) is 14.0 Å². The van der Waals surface area contributed by atoms with Gasteiger partial charge in [0.15, 0.2) is 0 Å². The number of carbonyl (C=O) groups excluding carboxylic acids is 1. The summed E-state index contributed by atoms with van der Waals surface area (Å²) < 4.78 is 14.1. The van der Waals surface area contributed by atoms with Crippen LogP contribution in [0.15, 0.2) is 65.5 Å². The molecule has 0 radical (unpaired) electrons. The summed E-state index contributed by atoms with van der Waals surface area (Å²) in [5.41, 5.74) is 1.87. The maximum Gasteiger partial charge on any atom is 0.276 e. The Bertz CT molecular complexity index is 977. The fourth-order valence-corrected chi connectivity index (χ4v) is 2.45. The van der Waals surface area contributed by atoms with Crippen LogP contribution in [0.25, 0.3) is 5.69 Å². The van der Waals surface area contributed by atoms with Crippen LogP contribution in [-0.4, -0.2) is 15.7 Å². The second-order valence-corrected chi connectivity index (χ2v) is 6.18. The molecule has 5 nitrogen and oxygen atoms in total. The molecule has 0 bridgehead atoms. The Labute approximate surface area is 150 Å². The number of halogens is 1. The Morgan fingerprint density at radius 2 is 1.65 bits per heavy atom. The van der Waals surface area contributed by atoms with Crippen molar-refractivity contribution in [1.29, 1.82) is 0 Å². The highest BCUT2D eigenvalue weighted by Gasteiger charge is 2.11. The summed E-state index contributed by atoms with van der Waals surface area (Å²) in [5, 5.41) is 6.84. The second-order valence-electron chi connectivity index (χ2n) is 6.18. The zero-order valence-corrected chi connectivity index (χ0v) is 14.4. The topological polar surface area (TPSA) is 64.0 Å². The van der Waals surface area contributed by atoms with Crippen LogP contribution in [0, 0.1) is 5.82 Å². The van der Waals surface area contributed by atoms with Gasteiger partial charge in [0.1, 0.15) is 11.5 Å². The van der Waals surface area contributed by atoms with Gasteiger partial charge in [-0.05, 0) is 53.9 Å². The molecule has 0 fully saturated rings. The van der Waals surface area contributed by atoms with Gasteiger partial charge in [0.2, 0.25) is 0 Å². The number of amides is 1. The minimum atomic E-state index is -0.432. The molecule has 0 spiro atoms. The van der Waals surface area contributed by atoms with Crippen molar-refractivity contribution in [3.05, 3.63) is 88.1 Å². The van der Waals surface area contributed by atoms with Gasteiger partial charge in [-0.3, -0.25) is 9.59 Å². The Morgan fingerprint density at radius 3 is 2.27 bits per heavy atom. The fourth-order valence-electron chi connectivity index (χ4n) is 2.45. The van der Waals surface area contributed by atoms with Gasteiger partial charge >= 0.3 is 0 Å². The normalized spacial score (nSPS) is 10.8. The smallest absolute Gasteiger partial charge is 0.276 e. The molecule has 0 saturated heterocycles. The standard InChI is InChI=1S/C20H18FN3O2/c1-13(2)14-3-7-16(8-4-14)22-20(26)18-11-12-19(25)24(23-18)17-9-5-15(21)6-10-17/h3-13H,1-2H3,(H,22,26). The predicted octanol–water partition coefficient (Wildman–Crippen LogP) is 3.75. The lowest BCUT2D eigenvalue weighted by molar-refractivity contribution is 0.102. The van der Waals surface area contributed by atoms with Gasteiger partial charge in [-0.1, -0.05) is 26.0 Å². The zero-order chi connectivity index (χ0) is 18.7. The third-order valence-corrected chi connectivity index (χ3v) is 3.94. The van der Waals surface area contributed by atoms with Crippen molar-refractivity contribution in [1.82, 2.24) is 9.78 Å². The molecule has 0 atom stereocenters. The number of hydrogen-bond donors (Lipinski definition) is 1. The van der Waals surface area contributed by atoms with E-state index in [1.165, 1.54) is 42.0 Å². The SMILES string of the molecule is CC(C)c1ccc(NC(=O)c2ccc(=O)n(-c3ccc(F)cc3)n2)cc1. The number of benzene rings is 2. The third-order valence-electron chi connectivity index (χ3n) is 3.94. The maximum atomic E-state index is 13.1. The molecule has 6 heteroatoms. The van der Waals surface area contributed by atoms with Crippen molar-refractivity contribution in [2.24, 2.45) is 0 Å². The molecule has 2 aromatic carbocycles. The lowest BCUT2D eigenvalue weighted by atomic mass is 10.0. The molecule has 3 rings (SSSR count). The minimum Gasteiger partial charge on any atom is -0.321 e. The summed E-state index contributed by atoms with van der Waals surface area (Å²) in [6.45, 7) is 4.19. The first kappa shape index (κ1) is 17.5. The Hall–Kier alpha value is -3.28. The van der Waals surface area contributed by atoms with Crippen molar-refractivity contribution < 1.29 is 9.18 Å². The maximum absolute atomic E-state index is 13.1. The van der Waals surface area contributed by atoms with Crippen LogP contribution in [-0.2, 0) is 0 Å². The average molecular weight is 351 g/mol. The lowest BCUT2D eigenvalue weighted by Crippen LogP contribution is -2.24. The first-order valence-electron chi connectivity index (χ1n) is 8.21. The minimum absolute atomic E-state index is 0.0851. The van der Waals surface area contributed by atoms with Crippen molar-refractivity contribution in [3.63, 3.8) is 0 Å². The van der Waals surface area contributed by atoms with E-state index in [1.54, 1.807) is 0 Å². The first-order valence-corrected chi connectivity index (χ1v) is 8.21. The third kappa shape index (κ3) is 3.85. The number of nitrogens with one attached hydrogen (secondary N) is 1. The van der Waals surface area contributed by atoms with Crippen LogP contribution in [0.5, 0.6) is 0 Å². The van der Waals surface area contributed by atoms with E-state index in [2.05, 4.69) is 24.3 Å². The summed E-state index contributed by atoms with van der Waals surface area (Å²) in [6, 6.07) is 15.5. The number of aromatic nitrogens is 2. The molecular weight excluding hydrogens is 333 g/mol. The molecule has 0 aliphatic heterocycles. The Balaban J connectivity index is 1.84. The zero-order valence-electron chi connectivity index (χ0n) is 14.4. The molecule has 0 aliphatic rings. The summed E-state index contributed by atoms with van der Waals surface area (Å²) in [6.07, 6.45) is 0. The molecular formula is C20H18FN3O2. The van der Waals surface area contributed by atoms with E-state index in [0.717, 1.165) is 4.68 Å². The van der Waals surface area contributed by atoms with E-state index >= 15 is 0 Å². The number of rotatable bonds is 4. The summed E-state index contributed by atoms with van der Waals surface area (Å²) in [5.74, 6) is -0.445. The highest BCUT2D eigenvalue weighted by Crippen LogP contribution is 2.17. The van der Waals surface area contributed by atoms with Crippen molar-refractivity contribution in [2.75, 3.05) is 5.32 Å². The predicted molar refractivity (Wildman–Crippen MR) is 98.3 cm³/mol. The summed E-state index contributed by atoms with van der Waals surface area (Å²) in [7, 11) is 0. The van der Waals surface area contributed by atoms with E-state index < -0.39 is 17.3 Å². The number of carbonyl (C=O) groups is 1. The van der Waals surface area contributed by atoms with E-state index in [1.807, 2.05) is 24.3 Å². The molecule has 3 aromatic rings. The molecule has 0 saturated carbocycles. The Morgan fingerprint density at radius 1 is 1.00 bits per heavy atom. The molecule has 1 heterocycles. The van der Waals surface area contributed by atoms with E-state index in [-0.39, 0.29) is 5.69 Å². The number of hydrogen-bond acceptors (Lipinski definition) is 3. The molecule has 1 amide bonds. The van der Waals surface area contributed by atoms with Crippen LogP contribution in [0.1, 0.15) is 35.8 Å². The van der Waals surface area contributed by atoms with E-state index in [4.69, 9.17) is 0 Å². The van der Waals surface area contributed by atoms with Gasteiger partial charge in [0.05, 0.1) is 5.69 Å². The van der Waals surface area contributed by atoms with Gasteiger partial charge in [-0.15, -0.1) is 0 Å². The lowest BCUT2D eigenvalue weighted by Gasteiger charge is -2.09. The van der Waals surface area contributed by atoms with Gasteiger partial charge in [0.25, 0.3) is 11.5 Å². The Kier molecular flexibility index (Phi) is 4.93. The van der Waals surface area contributed by atoms with Crippen molar-refractivity contribution in [2.45, 2.75) is 19.8 Å². The van der Waals surface area contributed by atoms with Gasteiger partial charge < -0.3 is 5.32 Å². The number of anilines is 1. The molecule has 1 N–H and O–H groups in total. The van der Waals surface area contributed by atoms with Gasteiger partial charge in [-0.25, -0.2) is 4.39 Å². The van der Waals surface area contributed by atoms with Crippen molar-refractivity contribution in [3.8, 4) is 5.69 Å². The molecule has 1 aromatic heterocycles. The van der Waals surface area contributed by atoms with Crippen LogP contribution in [0.4, 0.5) is 10.1 Å². The summed E-state index contributed by atoms with van der Waals surface area (Å²) in [4.78, 5) is 24.4. The second kappa shape index (κ2) is 7.31. The van der Waals surface area contributed by atoms with Crippen LogP contribution >= 0.6 is 0 Å².